The lowest BCUT2D eigenvalue weighted by Crippen LogP contribution is -2.47. The van der Waals surface area contributed by atoms with E-state index in [-0.39, 0.29) is 23.8 Å². The Balaban J connectivity index is 1.88. The molecule has 0 spiro atoms. The Morgan fingerprint density at radius 2 is 2.00 bits per heavy atom. The number of nitrogens with one attached hydrogen (secondary N) is 1. The molecule has 5 heteroatoms. The molecule has 1 aliphatic carbocycles. The number of carbonyl (C=O) groups excluding carboxylic acids is 2. The van der Waals surface area contributed by atoms with Crippen molar-refractivity contribution in [3.8, 4) is 0 Å². The maximum absolute atomic E-state index is 12.5. The summed E-state index contributed by atoms with van der Waals surface area (Å²) in [6.45, 7) is 5.54. The average molecular weight is 295 g/mol. The summed E-state index contributed by atoms with van der Waals surface area (Å²) in [5, 5.41) is 3.02. The lowest BCUT2D eigenvalue weighted by molar-refractivity contribution is -0.139. The average Bonchev–Trinajstić information content (AvgIpc) is 3.09. The molecule has 2 atom stereocenters. The van der Waals surface area contributed by atoms with Gasteiger partial charge in [-0.15, -0.1) is 0 Å². The van der Waals surface area contributed by atoms with E-state index in [0.717, 1.165) is 32.1 Å². The second-order valence-electron chi connectivity index (χ2n) is 6.96. The maximum Gasteiger partial charge on any atom is 0.243 e. The molecule has 1 heterocycles. The number of nitrogens with zero attached hydrogens (tertiary/aromatic N) is 1. The molecule has 5 nitrogen and oxygen atoms in total. The summed E-state index contributed by atoms with van der Waals surface area (Å²) in [6.07, 6.45) is 5.32. The lowest BCUT2D eigenvalue weighted by atomic mass is 9.93. The van der Waals surface area contributed by atoms with Gasteiger partial charge in [0.25, 0.3) is 0 Å². The summed E-state index contributed by atoms with van der Waals surface area (Å²) >= 11 is 0. The first-order valence-electron chi connectivity index (χ1n) is 8.31. The quantitative estimate of drug-likeness (QED) is 0.742. The third-order valence-corrected chi connectivity index (χ3v) is 4.40. The molecule has 1 aliphatic heterocycles. The van der Waals surface area contributed by atoms with Gasteiger partial charge in [-0.3, -0.25) is 9.59 Å². The van der Waals surface area contributed by atoms with Crippen LogP contribution in [0.2, 0.25) is 0 Å². The van der Waals surface area contributed by atoms with Crippen molar-refractivity contribution in [1.29, 1.82) is 0 Å². The van der Waals surface area contributed by atoms with E-state index >= 15 is 0 Å². The summed E-state index contributed by atoms with van der Waals surface area (Å²) < 4.78 is 0. The number of hydrogen-bond donors (Lipinski definition) is 2. The van der Waals surface area contributed by atoms with Crippen LogP contribution in [0.5, 0.6) is 0 Å². The van der Waals surface area contributed by atoms with Gasteiger partial charge in [0.15, 0.2) is 0 Å². The first-order chi connectivity index (χ1) is 10.0. The number of nitrogens with two attached hydrogens (primary N) is 1. The van der Waals surface area contributed by atoms with Gasteiger partial charge in [-0.1, -0.05) is 13.8 Å². The minimum Gasteiger partial charge on any atom is -0.352 e. The van der Waals surface area contributed by atoms with Crippen LogP contribution in [-0.4, -0.2) is 41.9 Å². The van der Waals surface area contributed by atoms with Crippen LogP contribution in [0.25, 0.3) is 0 Å². The Hall–Kier alpha value is -1.10. The lowest BCUT2D eigenvalue weighted by Gasteiger charge is -2.26. The van der Waals surface area contributed by atoms with Crippen molar-refractivity contribution in [3.05, 3.63) is 0 Å². The zero-order valence-electron chi connectivity index (χ0n) is 13.3. The summed E-state index contributed by atoms with van der Waals surface area (Å²) in [5.74, 6) is 0.903. The van der Waals surface area contributed by atoms with E-state index in [2.05, 4.69) is 19.2 Å². The van der Waals surface area contributed by atoms with Gasteiger partial charge in [-0.05, 0) is 50.5 Å². The van der Waals surface area contributed by atoms with Crippen LogP contribution in [0.1, 0.15) is 52.4 Å². The Labute approximate surface area is 127 Å². The first kappa shape index (κ1) is 16.3. The van der Waals surface area contributed by atoms with Crippen LogP contribution in [0.4, 0.5) is 0 Å². The van der Waals surface area contributed by atoms with Gasteiger partial charge in [-0.25, -0.2) is 0 Å². The fraction of sp³-hybridized carbons (Fsp3) is 0.875. The monoisotopic (exact) mass is 295 g/mol. The molecule has 1 saturated heterocycles. The highest BCUT2D eigenvalue weighted by Crippen LogP contribution is 2.24. The smallest absolute Gasteiger partial charge is 0.243 e. The topological polar surface area (TPSA) is 75.4 Å². The molecule has 1 saturated carbocycles. The summed E-state index contributed by atoms with van der Waals surface area (Å²) in [4.78, 5) is 26.5. The van der Waals surface area contributed by atoms with Gasteiger partial charge in [0.2, 0.25) is 11.8 Å². The standard InChI is InChI=1S/C16H29N3O2/c1-11(2)8-12(10-17)9-15(20)19-7-3-4-14(19)16(21)18-13-5-6-13/h11-14H,3-10,17H2,1-2H3,(H,18,21)/t12-,14?/m0/s1. The van der Waals surface area contributed by atoms with Crippen molar-refractivity contribution in [1.82, 2.24) is 10.2 Å². The Kier molecular flexibility index (Phi) is 5.62. The van der Waals surface area contributed by atoms with Crippen molar-refractivity contribution in [2.24, 2.45) is 17.6 Å². The maximum atomic E-state index is 12.5. The van der Waals surface area contributed by atoms with Crippen LogP contribution in [0, 0.1) is 11.8 Å². The van der Waals surface area contributed by atoms with Gasteiger partial charge in [0.05, 0.1) is 0 Å². The van der Waals surface area contributed by atoms with Crippen molar-refractivity contribution < 1.29 is 9.59 Å². The minimum atomic E-state index is -0.254. The molecule has 2 fully saturated rings. The second-order valence-corrected chi connectivity index (χ2v) is 6.96. The van der Waals surface area contributed by atoms with Gasteiger partial charge >= 0.3 is 0 Å². The van der Waals surface area contributed by atoms with Gasteiger partial charge < -0.3 is 16.0 Å². The summed E-state index contributed by atoms with van der Waals surface area (Å²) in [6, 6.07) is 0.100. The number of likely N-dealkylation sites (tertiary alicyclic amines) is 1. The van der Waals surface area contributed by atoms with Crippen LogP contribution in [0.15, 0.2) is 0 Å². The molecule has 120 valence electrons. The fourth-order valence-corrected chi connectivity index (χ4v) is 3.16. The van der Waals surface area contributed by atoms with Gasteiger partial charge in [-0.2, -0.15) is 0 Å². The molecule has 2 amide bonds. The predicted molar refractivity (Wildman–Crippen MR) is 82.5 cm³/mol. The van der Waals surface area contributed by atoms with E-state index < -0.39 is 0 Å². The van der Waals surface area contributed by atoms with E-state index in [1.807, 2.05) is 0 Å². The van der Waals surface area contributed by atoms with E-state index in [1.165, 1.54) is 0 Å². The highest BCUT2D eigenvalue weighted by Gasteiger charge is 2.36. The van der Waals surface area contributed by atoms with Crippen molar-refractivity contribution in [2.75, 3.05) is 13.1 Å². The fourth-order valence-electron chi connectivity index (χ4n) is 3.16. The molecular weight excluding hydrogens is 266 g/mol. The van der Waals surface area contributed by atoms with E-state index in [4.69, 9.17) is 5.73 Å². The molecule has 0 bridgehead atoms. The summed E-state index contributed by atoms with van der Waals surface area (Å²) in [5.41, 5.74) is 5.79. The SMILES string of the molecule is CC(C)C[C@H](CN)CC(=O)N1CCCC1C(=O)NC1CC1. The predicted octanol–water partition coefficient (Wildman–Crippen LogP) is 1.27. The largest absolute Gasteiger partial charge is 0.352 e. The first-order valence-corrected chi connectivity index (χ1v) is 8.31. The highest BCUT2D eigenvalue weighted by molar-refractivity contribution is 5.88. The van der Waals surface area contributed by atoms with Crippen LogP contribution < -0.4 is 11.1 Å². The number of carbonyl (C=O) groups is 2. The molecule has 0 aromatic heterocycles. The van der Waals surface area contributed by atoms with E-state index in [1.54, 1.807) is 4.90 Å². The molecule has 0 aromatic carbocycles. The molecule has 0 aromatic rings. The van der Waals surface area contributed by atoms with Crippen molar-refractivity contribution >= 4 is 11.8 Å². The number of hydrogen-bond acceptors (Lipinski definition) is 3. The van der Waals surface area contributed by atoms with E-state index in [9.17, 15) is 9.59 Å². The Morgan fingerprint density at radius 1 is 1.29 bits per heavy atom. The van der Waals surface area contributed by atoms with E-state index in [0.29, 0.717) is 31.5 Å². The normalized spacial score (nSPS) is 23.4. The minimum absolute atomic E-state index is 0.0384. The third-order valence-electron chi connectivity index (χ3n) is 4.40. The van der Waals surface area contributed by atoms with Crippen molar-refractivity contribution in [3.63, 3.8) is 0 Å². The molecule has 21 heavy (non-hydrogen) atoms. The third kappa shape index (κ3) is 4.70. The van der Waals surface area contributed by atoms with Crippen LogP contribution >= 0.6 is 0 Å². The van der Waals surface area contributed by atoms with Gasteiger partial charge in [0, 0.05) is 19.0 Å². The highest BCUT2D eigenvalue weighted by atomic mass is 16.2. The molecular formula is C16H29N3O2. The van der Waals surface area contributed by atoms with Crippen LogP contribution in [-0.2, 0) is 9.59 Å². The second kappa shape index (κ2) is 7.25. The van der Waals surface area contributed by atoms with Crippen molar-refractivity contribution in [2.45, 2.75) is 64.5 Å². The Bertz CT molecular complexity index is 380. The molecule has 3 N–H and O–H groups in total. The van der Waals surface area contributed by atoms with Crippen LogP contribution in [0.3, 0.4) is 0 Å². The molecule has 1 unspecified atom stereocenters. The molecule has 0 radical (unpaired) electrons. The zero-order valence-corrected chi connectivity index (χ0v) is 13.3. The number of amides is 2. The zero-order chi connectivity index (χ0) is 15.4. The summed E-state index contributed by atoms with van der Waals surface area (Å²) in [7, 11) is 0. The molecule has 2 aliphatic rings. The number of rotatable bonds is 7. The van der Waals surface area contributed by atoms with Gasteiger partial charge in [0.1, 0.15) is 6.04 Å². The Morgan fingerprint density at radius 3 is 2.57 bits per heavy atom. The molecule has 2 rings (SSSR count).